The lowest BCUT2D eigenvalue weighted by Gasteiger charge is -2.43. The van der Waals surface area contributed by atoms with Gasteiger partial charge in [-0.2, -0.15) is 0 Å². The van der Waals surface area contributed by atoms with Crippen molar-refractivity contribution in [3.8, 4) is 0 Å². The lowest BCUT2D eigenvalue weighted by molar-refractivity contribution is -0.792. The second-order valence-electron chi connectivity index (χ2n) is 5.32. The highest BCUT2D eigenvalue weighted by molar-refractivity contribution is 5.80. The number of halogens is 7. The molecule has 0 aliphatic rings. The van der Waals surface area contributed by atoms with Crippen LogP contribution in [0.3, 0.4) is 0 Å². The van der Waals surface area contributed by atoms with Crippen molar-refractivity contribution in [1.29, 1.82) is 0 Å². The van der Waals surface area contributed by atoms with Crippen LogP contribution < -0.4 is 0 Å². The standard InChI is InChI=1S/C8H9F7O16/c1-5(2,3)17-4(16)6(18-25-9,19-26-10)7(20-27-11,21-28-12)8(22-29-13,23-30-14)24-31-15/h1-3H3. The van der Waals surface area contributed by atoms with Crippen LogP contribution in [0.1, 0.15) is 20.8 Å². The van der Waals surface area contributed by atoms with Gasteiger partial charge in [0.25, 0.3) is 0 Å². The van der Waals surface area contributed by atoms with Crippen molar-refractivity contribution in [2.45, 2.75) is 43.9 Å². The van der Waals surface area contributed by atoms with Crippen LogP contribution in [0.5, 0.6) is 0 Å². The predicted octanol–water partition coefficient (Wildman–Crippen LogP) is 2.20. The van der Waals surface area contributed by atoms with Crippen molar-refractivity contribution in [1.82, 2.24) is 0 Å². The van der Waals surface area contributed by atoms with E-state index in [0.717, 1.165) is 20.8 Å². The van der Waals surface area contributed by atoms with E-state index >= 15 is 0 Å². The minimum Gasteiger partial charge on any atom is -0.456 e. The molecule has 0 aromatic rings. The molecule has 0 saturated heterocycles. The number of hydrogen-bond donors (Lipinski definition) is 0. The second-order valence-corrected chi connectivity index (χ2v) is 5.32. The van der Waals surface area contributed by atoms with Gasteiger partial charge in [-0.05, 0) is 88.1 Å². The molecule has 0 aromatic carbocycles. The van der Waals surface area contributed by atoms with E-state index in [1.54, 1.807) is 0 Å². The predicted molar refractivity (Wildman–Crippen MR) is 57.0 cm³/mol. The average molecular weight is 494 g/mol. The largest absolute Gasteiger partial charge is 0.456 e. The summed E-state index contributed by atoms with van der Waals surface area (Å²) < 4.78 is 91.8. The summed E-state index contributed by atoms with van der Waals surface area (Å²) in [5.41, 5.74) is -1.78. The summed E-state index contributed by atoms with van der Waals surface area (Å²) in [7, 11) is 0. The summed E-state index contributed by atoms with van der Waals surface area (Å²) in [5.74, 6) is -17.6. The summed E-state index contributed by atoms with van der Waals surface area (Å²) >= 11 is 0. The molecule has 0 aliphatic heterocycles. The molecule has 23 heteroatoms. The fourth-order valence-electron chi connectivity index (χ4n) is 1.61. The molecule has 0 aliphatic carbocycles. The maximum atomic E-state index is 12.6. The molecule has 186 valence electrons. The Balaban J connectivity index is 7.30. The molecular formula is C8H9F7O16. The Morgan fingerprint density at radius 2 is 0.871 bits per heavy atom. The maximum Gasteiger partial charge on any atom is 0.440 e. The van der Waals surface area contributed by atoms with Crippen molar-refractivity contribution in [2.75, 3.05) is 0 Å². The molecule has 0 spiro atoms. The molecule has 0 amide bonds. The van der Waals surface area contributed by atoms with E-state index in [4.69, 9.17) is 0 Å². The van der Waals surface area contributed by atoms with Gasteiger partial charge in [0.15, 0.2) is 0 Å². The van der Waals surface area contributed by atoms with Crippen LogP contribution in [0.2, 0.25) is 0 Å². The van der Waals surface area contributed by atoms with Crippen LogP contribution in [-0.2, 0) is 79.4 Å². The smallest absolute Gasteiger partial charge is 0.440 e. The van der Waals surface area contributed by atoms with Crippen LogP contribution in [0.4, 0.5) is 31.7 Å². The van der Waals surface area contributed by atoms with Crippen molar-refractivity contribution in [3.63, 3.8) is 0 Å². The number of rotatable bonds is 17. The highest BCUT2D eigenvalue weighted by Crippen LogP contribution is 2.48. The van der Waals surface area contributed by atoms with Crippen molar-refractivity contribution < 1.29 is 111 Å². The minimum absolute atomic E-state index is 1.01. The second kappa shape index (κ2) is 13.1. The fourth-order valence-corrected chi connectivity index (χ4v) is 1.61. The fraction of sp³-hybridized carbons (Fsp3) is 0.875. The molecule has 16 nitrogen and oxygen atoms in total. The molecule has 31 heavy (non-hydrogen) atoms. The zero-order chi connectivity index (χ0) is 24.2. The first-order chi connectivity index (χ1) is 14.6. The minimum atomic E-state index is -5.13. The molecule has 0 atom stereocenters. The van der Waals surface area contributed by atoms with Gasteiger partial charge < -0.3 is 4.74 Å². The molecular weight excluding hydrogens is 485 g/mol. The quantitative estimate of drug-likeness (QED) is 0.0952. The zero-order valence-corrected chi connectivity index (χ0v) is 14.7. The zero-order valence-electron chi connectivity index (χ0n) is 14.7. The van der Waals surface area contributed by atoms with Gasteiger partial charge in [0.1, 0.15) is 5.60 Å². The van der Waals surface area contributed by atoms with Gasteiger partial charge in [-0.25, -0.2) is 4.79 Å². The molecule has 0 aromatic heterocycles. The molecule has 0 N–H and O–H groups in total. The van der Waals surface area contributed by atoms with E-state index in [2.05, 4.69) is 74.6 Å². The van der Waals surface area contributed by atoms with E-state index in [0.29, 0.717) is 0 Å². The van der Waals surface area contributed by atoms with Gasteiger partial charge in [-0.15, -0.1) is 34.2 Å². The van der Waals surface area contributed by atoms with Gasteiger partial charge in [0.05, 0.1) is 0 Å². The van der Waals surface area contributed by atoms with Crippen molar-refractivity contribution >= 4 is 5.97 Å². The van der Waals surface area contributed by atoms with Gasteiger partial charge in [-0.1, -0.05) is 0 Å². The van der Waals surface area contributed by atoms with Crippen LogP contribution in [0.15, 0.2) is 0 Å². The molecule has 0 bridgehead atoms. The molecule has 0 radical (unpaired) electrons. The summed E-state index contributed by atoms with van der Waals surface area (Å²) in [6.07, 6.45) is 0. The van der Waals surface area contributed by atoms with Crippen LogP contribution in [0, 0.1) is 0 Å². The van der Waals surface area contributed by atoms with Crippen molar-refractivity contribution in [2.24, 2.45) is 0 Å². The Morgan fingerprint density at radius 1 is 0.548 bits per heavy atom. The summed E-state index contributed by atoms with van der Waals surface area (Å²) in [6, 6.07) is 0. The van der Waals surface area contributed by atoms with E-state index in [1.165, 1.54) is 0 Å². The SMILES string of the molecule is CC(C)(C)OC(=O)C(OOF)(OOF)C(OOF)(OOF)C(OOF)(OOF)OOF. The summed E-state index contributed by atoms with van der Waals surface area (Å²) in [4.78, 5) is 35.9. The topological polar surface area (TPSA) is 156 Å². The maximum absolute atomic E-state index is 12.6. The Bertz CT molecular complexity index is 492. The first-order valence-electron chi connectivity index (χ1n) is 6.54. The Hall–Kier alpha value is -1.58. The van der Waals surface area contributed by atoms with Crippen LogP contribution in [-0.4, -0.2) is 29.1 Å². The third kappa shape index (κ3) is 6.46. The van der Waals surface area contributed by atoms with E-state index in [-0.39, 0.29) is 0 Å². The third-order valence-corrected chi connectivity index (χ3v) is 2.52. The number of carbonyl (C=O) groups excluding carboxylic acids is 1. The van der Waals surface area contributed by atoms with Crippen LogP contribution >= 0.6 is 0 Å². The van der Waals surface area contributed by atoms with Crippen LogP contribution in [0.25, 0.3) is 0 Å². The summed E-state index contributed by atoms with van der Waals surface area (Å²) in [5, 5.41) is 16.8. The van der Waals surface area contributed by atoms with Gasteiger partial charge in [-0.3, -0.25) is 0 Å². The first-order valence-corrected chi connectivity index (χ1v) is 6.54. The summed E-state index contributed by atoms with van der Waals surface area (Å²) in [6.45, 7) is 3.04. The monoisotopic (exact) mass is 494 g/mol. The molecule has 0 unspecified atom stereocenters. The Morgan fingerprint density at radius 3 is 1.13 bits per heavy atom. The highest BCUT2D eigenvalue weighted by atomic mass is 19.3. The van der Waals surface area contributed by atoms with E-state index in [9.17, 15) is 36.5 Å². The molecule has 0 heterocycles. The van der Waals surface area contributed by atoms with Gasteiger partial charge in [0, 0.05) is 0 Å². The third-order valence-electron chi connectivity index (χ3n) is 2.52. The van der Waals surface area contributed by atoms with E-state index < -0.39 is 29.1 Å². The number of hydrogen-bond acceptors (Lipinski definition) is 16. The molecule has 0 saturated carbocycles. The molecule has 0 rings (SSSR count). The molecule has 0 fully saturated rings. The average Bonchev–Trinajstić information content (AvgIpc) is 2.66. The lowest BCUT2D eigenvalue weighted by atomic mass is 10.0. The lowest BCUT2D eigenvalue weighted by Crippen LogP contribution is -2.77. The first kappa shape index (κ1) is 29.4. The van der Waals surface area contributed by atoms with Crippen molar-refractivity contribution in [3.05, 3.63) is 0 Å². The van der Waals surface area contributed by atoms with E-state index in [1.807, 2.05) is 0 Å². The highest BCUT2D eigenvalue weighted by Gasteiger charge is 2.86. The number of ether oxygens (including phenoxy) is 1. The Labute approximate surface area is 162 Å². The number of esters is 1. The van der Waals surface area contributed by atoms with Gasteiger partial charge in [0.2, 0.25) is 0 Å². The number of carbonyl (C=O) groups is 1. The van der Waals surface area contributed by atoms with Gasteiger partial charge >= 0.3 is 23.5 Å². The normalized spacial score (nSPS) is 13.5. The Kier molecular flexibility index (Phi) is 12.4.